The van der Waals surface area contributed by atoms with E-state index < -0.39 is 25.1 Å². The maximum Gasteiger partial charge on any atom is 1.00 e. The summed E-state index contributed by atoms with van der Waals surface area (Å²) >= 11 is 0. The van der Waals surface area contributed by atoms with Crippen molar-refractivity contribution < 1.29 is 73.9 Å². The quantitative estimate of drug-likeness (QED) is 0.619. The number of carbonyl (C=O) groups is 1. The van der Waals surface area contributed by atoms with Crippen LogP contribution in [0.15, 0.2) is 0 Å². The molecular formula is C6H12BF3KNO2. The van der Waals surface area contributed by atoms with Gasteiger partial charge in [-0.2, -0.15) is 0 Å². The molecule has 0 aliphatic heterocycles. The predicted octanol–water partition coefficient (Wildman–Crippen LogP) is -1.10. The summed E-state index contributed by atoms with van der Waals surface area (Å²) in [5.74, 6) is 0. The molecule has 1 amide bonds. The number of ether oxygens (including phenoxy) is 1. The maximum atomic E-state index is 11.6. The minimum Gasteiger partial charge on any atom is -0.448 e. The van der Waals surface area contributed by atoms with Gasteiger partial charge in [-0.05, 0) is 27.2 Å². The summed E-state index contributed by atoms with van der Waals surface area (Å²) in [4.78, 5) is 10.7. The van der Waals surface area contributed by atoms with Gasteiger partial charge in [0.05, 0.1) is 0 Å². The fourth-order valence-electron chi connectivity index (χ4n) is 0.513. The first-order valence-electron chi connectivity index (χ1n) is 3.78. The van der Waals surface area contributed by atoms with E-state index in [1.807, 2.05) is 0 Å². The fourth-order valence-corrected chi connectivity index (χ4v) is 0.513. The number of amides is 1. The van der Waals surface area contributed by atoms with Crippen LogP contribution in [0.1, 0.15) is 20.8 Å². The largest absolute Gasteiger partial charge is 1.00 e. The first-order chi connectivity index (χ1) is 5.60. The average Bonchev–Trinajstić information content (AvgIpc) is 1.78. The summed E-state index contributed by atoms with van der Waals surface area (Å²) in [6.45, 7) is -0.267. The van der Waals surface area contributed by atoms with Gasteiger partial charge in [0, 0.05) is 0 Å². The van der Waals surface area contributed by atoms with Crippen molar-refractivity contribution in [1.29, 1.82) is 0 Å². The second-order valence-corrected chi connectivity index (χ2v) is 3.59. The topological polar surface area (TPSA) is 38.3 Å². The normalized spacial score (nSPS) is 11.6. The summed E-state index contributed by atoms with van der Waals surface area (Å²) in [5.41, 5.74) is -0.775. The number of hydrogen-bond acceptors (Lipinski definition) is 2. The number of rotatable bonds is 2. The molecule has 0 saturated carbocycles. The molecule has 8 heteroatoms. The van der Waals surface area contributed by atoms with E-state index >= 15 is 0 Å². The van der Waals surface area contributed by atoms with Gasteiger partial charge in [-0.1, -0.05) is 0 Å². The van der Waals surface area contributed by atoms with Crippen molar-refractivity contribution in [3.05, 3.63) is 0 Å². The Morgan fingerprint density at radius 2 is 1.79 bits per heavy atom. The van der Waals surface area contributed by atoms with E-state index in [0.717, 1.165) is 0 Å². The van der Waals surface area contributed by atoms with Crippen molar-refractivity contribution in [2.75, 3.05) is 6.44 Å². The van der Waals surface area contributed by atoms with Crippen LogP contribution in [0.4, 0.5) is 17.7 Å². The second kappa shape index (κ2) is 6.37. The van der Waals surface area contributed by atoms with Gasteiger partial charge in [0.15, 0.2) is 0 Å². The Balaban J connectivity index is 0. The number of halogens is 3. The first kappa shape index (κ1) is 17.2. The van der Waals surface area contributed by atoms with E-state index in [-0.39, 0.29) is 51.4 Å². The van der Waals surface area contributed by atoms with Crippen LogP contribution >= 0.6 is 0 Å². The van der Waals surface area contributed by atoms with Gasteiger partial charge >= 0.3 is 64.5 Å². The van der Waals surface area contributed by atoms with Gasteiger partial charge in [-0.15, -0.1) is 0 Å². The molecule has 0 aromatic carbocycles. The van der Waals surface area contributed by atoms with Crippen LogP contribution < -0.4 is 56.7 Å². The Bertz CT molecular complexity index is 192. The van der Waals surface area contributed by atoms with E-state index in [1.165, 1.54) is 0 Å². The Labute approximate surface area is 124 Å². The van der Waals surface area contributed by atoms with Crippen molar-refractivity contribution >= 4 is 13.1 Å². The Kier molecular flexibility index (Phi) is 7.81. The molecule has 0 saturated heterocycles. The van der Waals surface area contributed by atoms with E-state index in [0.29, 0.717) is 0 Å². The van der Waals surface area contributed by atoms with Crippen LogP contribution in [0.25, 0.3) is 0 Å². The molecule has 0 unspecified atom stereocenters. The molecule has 0 spiro atoms. The summed E-state index contributed by atoms with van der Waals surface area (Å²) in [5, 5.41) is 1.62. The van der Waals surface area contributed by atoms with Crippen molar-refractivity contribution in [3.8, 4) is 0 Å². The Morgan fingerprint density at radius 1 is 1.36 bits per heavy atom. The molecule has 0 fully saturated rings. The van der Waals surface area contributed by atoms with Crippen LogP contribution in [0.2, 0.25) is 0 Å². The molecule has 0 aromatic heterocycles. The van der Waals surface area contributed by atoms with E-state index in [4.69, 9.17) is 0 Å². The maximum absolute atomic E-state index is 11.6. The van der Waals surface area contributed by atoms with E-state index in [1.54, 1.807) is 26.1 Å². The SMILES string of the molecule is CC(C)(C)OC(=O)NC[B-](F)(F)F.[K+]. The summed E-state index contributed by atoms with van der Waals surface area (Å²) in [7, 11) is 0. The Hall–Kier alpha value is 0.761. The van der Waals surface area contributed by atoms with Gasteiger partial charge in [-0.25, -0.2) is 4.79 Å². The van der Waals surface area contributed by atoms with Gasteiger partial charge in [-0.3, -0.25) is 0 Å². The van der Waals surface area contributed by atoms with Crippen molar-refractivity contribution in [2.45, 2.75) is 26.4 Å². The molecule has 3 nitrogen and oxygen atoms in total. The molecule has 0 heterocycles. The summed E-state index contributed by atoms with van der Waals surface area (Å²) in [6.07, 6.45) is -2.36. The number of carbonyl (C=O) groups excluding carboxylic acids is 1. The van der Waals surface area contributed by atoms with Crippen LogP contribution in [0.5, 0.6) is 0 Å². The number of alkyl carbamates (subject to hydrolysis) is 1. The molecule has 0 rings (SSSR count). The minimum atomic E-state index is -4.99. The van der Waals surface area contributed by atoms with Crippen molar-refractivity contribution in [2.24, 2.45) is 0 Å². The molecular weight excluding hydrogens is 225 g/mol. The van der Waals surface area contributed by atoms with E-state index in [9.17, 15) is 17.7 Å². The van der Waals surface area contributed by atoms with Crippen molar-refractivity contribution in [3.63, 3.8) is 0 Å². The predicted molar refractivity (Wildman–Crippen MR) is 43.3 cm³/mol. The monoisotopic (exact) mass is 237 g/mol. The zero-order valence-corrected chi connectivity index (χ0v) is 11.9. The smallest absolute Gasteiger partial charge is 0.448 e. The molecule has 0 aliphatic rings. The molecule has 14 heavy (non-hydrogen) atoms. The second-order valence-electron chi connectivity index (χ2n) is 3.59. The van der Waals surface area contributed by atoms with Crippen LogP contribution in [0, 0.1) is 0 Å². The van der Waals surface area contributed by atoms with E-state index in [2.05, 4.69) is 4.74 Å². The molecule has 78 valence electrons. The first-order valence-corrected chi connectivity index (χ1v) is 3.78. The minimum absolute atomic E-state index is 0. The van der Waals surface area contributed by atoms with Crippen LogP contribution in [0.3, 0.4) is 0 Å². The number of hydrogen-bond donors (Lipinski definition) is 1. The van der Waals surface area contributed by atoms with Crippen LogP contribution in [-0.2, 0) is 4.74 Å². The standard InChI is InChI=1S/C6H12BF3NO2.K/c1-6(2,3)13-5(12)11-4-7(8,9)10;/h4H2,1-3H3,(H,11,12);/q-1;+1. The number of nitrogens with one attached hydrogen (secondary N) is 1. The third-order valence-electron chi connectivity index (χ3n) is 0.877. The van der Waals surface area contributed by atoms with Crippen LogP contribution in [-0.4, -0.2) is 25.1 Å². The molecule has 0 aromatic rings. The molecule has 1 N–H and O–H groups in total. The molecule has 0 radical (unpaired) electrons. The van der Waals surface area contributed by atoms with Gasteiger partial charge in [0.2, 0.25) is 0 Å². The summed E-state index contributed by atoms with van der Waals surface area (Å²) in [6, 6.07) is 0. The molecule has 0 atom stereocenters. The third-order valence-corrected chi connectivity index (χ3v) is 0.877. The average molecular weight is 237 g/mol. The van der Waals surface area contributed by atoms with Gasteiger partial charge in [0.1, 0.15) is 5.60 Å². The zero-order chi connectivity index (χ0) is 10.7. The third kappa shape index (κ3) is 12.8. The summed E-state index contributed by atoms with van der Waals surface area (Å²) < 4.78 is 39.5. The fraction of sp³-hybridized carbons (Fsp3) is 0.833. The molecule has 0 bridgehead atoms. The molecule has 0 aliphatic carbocycles. The van der Waals surface area contributed by atoms with Gasteiger partial charge in [0.25, 0.3) is 0 Å². The Morgan fingerprint density at radius 3 is 2.07 bits per heavy atom. The van der Waals surface area contributed by atoms with Crippen molar-refractivity contribution in [1.82, 2.24) is 5.32 Å². The zero-order valence-electron chi connectivity index (χ0n) is 8.73. The van der Waals surface area contributed by atoms with Gasteiger partial charge < -0.3 is 23.0 Å².